The fourth-order valence-electron chi connectivity index (χ4n) is 3.31. The summed E-state index contributed by atoms with van der Waals surface area (Å²) in [5, 5.41) is 11.2. The third-order valence-corrected chi connectivity index (χ3v) is 4.47. The summed E-state index contributed by atoms with van der Waals surface area (Å²) >= 11 is 0. The third-order valence-electron chi connectivity index (χ3n) is 4.47. The molecule has 0 saturated carbocycles. The molecule has 1 aliphatic heterocycles. The molecular weight excluding hydrogens is 317 g/mol. The van der Waals surface area contributed by atoms with E-state index in [1.807, 2.05) is 30.3 Å². The van der Waals surface area contributed by atoms with Gasteiger partial charge in [-0.3, -0.25) is 0 Å². The van der Waals surface area contributed by atoms with E-state index in [0.717, 1.165) is 36.2 Å². The quantitative estimate of drug-likeness (QED) is 0.785. The molecule has 1 unspecified atom stereocenters. The molecule has 2 heterocycles. The first-order valence-corrected chi connectivity index (χ1v) is 8.35. The Morgan fingerprint density at radius 3 is 2.80 bits per heavy atom. The van der Waals surface area contributed by atoms with E-state index in [4.69, 9.17) is 4.74 Å². The van der Waals surface area contributed by atoms with Gasteiger partial charge in [-0.05, 0) is 53.9 Å². The predicted octanol–water partition coefficient (Wildman–Crippen LogP) is 4.03. The van der Waals surface area contributed by atoms with Crippen LogP contribution in [0.2, 0.25) is 0 Å². The number of nitrogens with zero attached hydrogens (tertiary/aromatic N) is 2. The van der Waals surface area contributed by atoms with Crippen molar-refractivity contribution in [2.24, 2.45) is 0 Å². The van der Waals surface area contributed by atoms with Gasteiger partial charge < -0.3 is 10.1 Å². The molecule has 0 saturated heterocycles. The number of ether oxygens (including phenoxy) is 1. The van der Waals surface area contributed by atoms with Gasteiger partial charge in [-0.1, -0.05) is 24.3 Å². The highest BCUT2D eigenvalue weighted by Crippen LogP contribution is 2.35. The Kier molecular flexibility index (Phi) is 4.39. The van der Waals surface area contributed by atoms with Crippen LogP contribution in [0.15, 0.2) is 60.8 Å². The second-order valence-corrected chi connectivity index (χ2v) is 6.06. The van der Waals surface area contributed by atoms with Crippen LogP contribution in [0.25, 0.3) is 0 Å². The molecule has 4 nitrogen and oxygen atoms in total. The van der Waals surface area contributed by atoms with Crippen LogP contribution in [0.1, 0.15) is 29.0 Å². The van der Waals surface area contributed by atoms with Gasteiger partial charge in [0.1, 0.15) is 11.6 Å². The van der Waals surface area contributed by atoms with Crippen molar-refractivity contribution in [3.05, 3.63) is 83.3 Å². The first kappa shape index (κ1) is 15.7. The highest BCUT2D eigenvalue weighted by Gasteiger charge is 2.23. The van der Waals surface area contributed by atoms with Gasteiger partial charge in [-0.25, -0.2) is 4.39 Å². The lowest BCUT2D eigenvalue weighted by Crippen LogP contribution is -2.12. The van der Waals surface area contributed by atoms with Crippen molar-refractivity contribution in [2.45, 2.75) is 18.9 Å². The van der Waals surface area contributed by atoms with Gasteiger partial charge in [0, 0.05) is 24.7 Å². The highest BCUT2D eigenvalue weighted by atomic mass is 19.1. The van der Waals surface area contributed by atoms with Crippen LogP contribution in [0.4, 0.5) is 4.39 Å². The van der Waals surface area contributed by atoms with Gasteiger partial charge >= 0.3 is 0 Å². The number of rotatable bonds is 3. The lowest BCUT2D eigenvalue weighted by Gasteiger charge is -2.19. The van der Waals surface area contributed by atoms with Crippen molar-refractivity contribution in [2.75, 3.05) is 6.54 Å². The van der Waals surface area contributed by atoms with Crippen LogP contribution < -0.4 is 10.1 Å². The Morgan fingerprint density at radius 1 is 1.04 bits per heavy atom. The molecule has 126 valence electrons. The lowest BCUT2D eigenvalue weighted by molar-refractivity contribution is 0.454. The molecule has 1 atom stereocenters. The Bertz CT molecular complexity index is 870. The van der Waals surface area contributed by atoms with E-state index in [1.165, 1.54) is 6.07 Å². The van der Waals surface area contributed by atoms with Crippen molar-refractivity contribution in [1.29, 1.82) is 0 Å². The van der Waals surface area contributed by atoms with Gasteiger partial charge in [0.05, 0.1) is 0 Å². The topological polar surface area (TPSA) is 47.0 Å². The molecule has 3 aromatic rings. The number of fused-ring (bicyclic) bond motifs is 1. The van der Waals surface area contributed by atoms with Crippen LogP contribution >= 0.6 is 0 Å². The van der Waals surface area contributed by atoms with Gasteiger partial charge in [-0.2, -0.15) is 5.10 Å². The zero-order valence-electron chi connectivity index (χ0n) is 13.7. The molecule has 5 heteroatoms. The maximum atomic E-state index is 14.3. The maximum absolute atomic E-state index is 14.3. The molecule has 4 rings (SSSR count). The van der Waals surface area contributed by atoms with E-state index in [2.05, 4.69) is 15.5 Å². The van der Waals surface area contributed by atoms with E-state index in [0.29, 0.717) is 11.6 Å². The van der Waals surface area contributed by atoms with Crippen LogP contribution in [-0.4, -0.2) is 16.7 Å². The average molecular weight is 335 g/mol. The fourth-order valence-corrected chi connectivity index (χ4v) is 3.31. The van der Waals surface area contributed by atoms with Crippen molar-refractivity contribution in [3.63, 3.8) is 0 Å². The summed E-state index contributed by atoms with van der Waals surface area (Å²) in [6.45, 7) is 1.58. The molecule has 0 radical (unpaired) electrons. The normalized spacial score (nSPS) is 16.8. The monoisotopic (exact) mass is 335 g/mol. The van der Waals surface area contributed by atoms with Gasteiger partial charge in [0.2, 0.25) is 5.88 Å². The van der Waals surface area contributed by atoms with Gasteiger partial charge in [0.15, 0.2) is 0 Å². The van der Waals surface area contributed by atoms with Gasteiger partial charge in [0.25, 0.3) is 0 Å². The molecular formula is C20H18FN3O. The zero-order valence-corrected chi connectivity index (χ0v) is 13.7. The minimum atomic E-state index is -0.153. The fraction of sp³-hybridized carbons (Fsp3) is 0.200. The van der Waals surface area contributed by atoms with Crippen molar-refractivity contribution >= 4 is 0 Å². The van der Waals surface area contributed by atoms with Gasteiger partial charge in [-0.15, -0.1) is 5.10 Å². The van der Waals surface area contributed by atoms with E-state index in [-0.39, 0.29) is 11.7 Å². The summed E-state index contributed by atoms with van der Waals surface area (Å²) in [6, 6.07) is 16.5. The summed E-state index contributed by atoms with van der Waals surface area (Å²) < 4.78 is 20.1. The highest BCUT2D eigenvalue weighted by molar-refractivity contribution is 5.44. The minimum Gasteiger partial charge on any atom is -0.438 e. The van der Waals surface area contributed by atoms with E-state index >= 15 is 0 Å². The minimum absolute atomic E-state index is 0.0387. The van der Waals surface area contributed by atoms with Crippen molar-refractivity contribution in [1.82, 2.24) is 15.5 Å². The Morgan fingerprint density at radius 2 is 1.96 bits per heavy atom. The second-order valence-electron chi connectivity index (χ2n) is 6.06. The smallest absolute Gasteiger partial charge is 0.238 e. The lowest BCUT2D eigenvalue weighted by atomic mass is 9.86. The Hall–Kier alpha value is -2.79. The zero-order chi connectivity index (χ0) is 17.1. The van der Waals surface area contributed by atoms with E-state index in [1.54, 1.807) is 24.4 Å². The summed E-state index contributed by atoms with van der Waals surface area (Å²) in [4.78, 5) is 0. The number of hydrogen-bond donors (Lipinski definition) is 1. The number of hydrogen-bond acceptors (Lipinski definition) is 4. The van der Waals surface area contributed by atoms with E-state index in [9.17, 15) is 4.39 Å². The first-order chi connectivity index (χ1) is 12.3. The second kappa shape index (κ2) is 6.99. The summed E-state index contributed by atoms with van der Waals surface area (Å²) in [6.07, 6.45) is 2.46. The molecule has 25 heavy (non-hydrogen) atoms. The number of benzene rings is 2. The number of nitrogens with one attached hydrogen (secondary N) is 1. The molecule has 0 fully saturated rings. The molecule has 1 aliphatic rings. The largest absolute Gasteiger partial charge is 0.438 e. The summed E-state index contributed by atoms with van der Waals surface area (Å²) in [5.74, 6) is 1.04. The Balaban J connectivity index is 1.69. The SMILES string of the molecule is Fc1ccccc1C1CCNCc2cc(Oc3cccnn3)ccc21. The van der Waals surface area contributed by atoms with Crippen LogP contribution in [0, 0.1) is 5.82 Å². The van der Waals surface area contributed by atoms with Crippen LogP contribution in [0.5, 0.6) is 11.6 Å². The third kappa shape index (κ3) is 3.37. The molecule has 1 N–H and O–H groups in total. The average Bonchev–Trinajstić information content (AvgIpc) is 2.85. The summed E-state index contributed by atoms with van der Waals surface area (Å²) in [5.41, 5.74) is 3.00. The van der Waals surface area contributed by atoms with E-state index < -0.39 is 0 Å². The number of halogens is 1. The standard InChI is InChI=1S/C20H18FN3O/c21-19-5-2-1-4-18(19)17-9-11-22-13-14-12-15(7-8-16(14)17)25-20-6-3-10-23-24-20/h1-8,10,12,17,22H,9,11,13H2. The summed E-state index contributed by atoms with van der Waals surface area (Å²) in [7, 11) is 0. The van der Waals surface area contributed by atoms with Crippen molar-refractivity contribution < 1.29 is 9.13 Å². The van der Waals surface area contributed by atoms with Crippen LogP contribution in [-0.2, 0) is 6.54 Å². The molecule has 2 aromatic carbocycles. The first-order valence-electron chi connectivity index (χ1n) is 8.35. The molecule has 0 spiro atoms. The predicted molar refractivity (Wildman–Crippen MR) is 93.1 cm³/mol. The number of aromatic nitrogens is 2. The molecule has 0 amide bonds. The van der Waals surface area contributed by atoms with Crippen LogP contribution in [0.3, 0.4) is 0 Å². The molecule has 0 aliphatic carbocycles. The maximum Gasteiger partial charge on any atom is 0.238 e. The molecule has 1 aromatic heterocycles. The van der Waals surface area contributed by atoms with Crippen molar-refractivity contribution in [3.8, 4) is 11.6 Å². The Labute approximate surface area is 145 Å². The molecule has 0 bridgehead atoms.